The molecule has 0 unspecified atom stereocenters. The van der Waals surface area contributed by atoms with E-state index in [9.17, 15) is 9.59 Å². The van der Waals surface area contributed by atoms with Crippen LogP contribution >= 0.6 is 0 Å². The first-order chi connectivity index (χ1) is 8.24. The molecule has 17 heavy (non-hydrogen) atoms. The Balaban J connectivity index is 2.18. The highest BCUT2D eigenvalue weighted by molar-refractivity contribution is 4.82. The fraction of sp³-hybridized carbons (Fsp3) is 0.636. The van der Waals surface area contributed by atoms with Crippen molar-refractivity contribution in [1.82, 2.24) is 14.9 Å². The Kier molecular flexibility index (Phi) is 6.27. The van der Waals surface area contributed by atoms with Crippen LogP contribution in [0.25, 0.3) is 0 Å². The highest BCUT2D eigenvalue weighted by Crippen LogP contribution is 1.90. The number of rotatable bonds is 8. The van der Waals surface area contributed by atoms with E-state index in [2.05, 4.69) is 10.3 Å². The standard InChI is InChI=1S/C11H19N3O3/c1-17-9-6-12-5-2-3-7-14-8-4-10(15)13-11(14)16/h4,8,12H,2-3,5-7,9H2,1H3,(H,13,15,16). The number of hydrogen-bond donors (Lipinski definition) is 2. The molecule has 1 heterocycles. The van der Waals surface area contributed by atoms with Crippen molar-refractivity contribution in [2.24, 2.45) is 0 Å². The molecule has 0 saturated carbocycles. The van der Waals surface area contributed by atoms with E-state index in [1.165, 1.54) is 16.8 Å². The van der Waals surface area contributed by atoms with Crippen LogP contribution in [0.4, 0.5) is 0 Å². The van der Waals surface area contributed by atoms with Crippen molar-refractivity contribution < 1.29 is 4.74 Å². The molecule has 6 heteroatoms. The Bertz CT molecular complexity index is 424. The summed E-state index contributed by atoms with van der Waals surface area (Å²) in [7, 11) is 1.67. The lowest BCUT2D eigenvalue weighted by Crippen LogP contribution is -2.29. The highest BCUT2D eigenvalue weighted by Gasteiger charge is 1.96. The molecule has 0 aromatic carbocycles. The molecule has 0 radical (unpaired) electrons. The van der Waals surface area contributed by atoms with Crippen molar-refractivity contribution in [3.05, 3.63) is 33.1 Å². The number of aryl methyl sites for hydroxylation is 1. The average molecular weight is 241 g/mol. The van der Waals surface area contributed by atoms with E-state index in [4.69, 9.17) is 4.74 Å². The molecule has 0 amide bonds. The maximum Gasteiger partial charge on any atom is 0.328 e. The third kappa shape index (κ3) is 5.46. The number of hydrogen-bond acceptors (Lipinski definition) is 4. The molecule has 0 saturated heterocycles. The van der Waals surface area contributed by atoms with Gasteiger partial charge >= 0.3 is 5.69 Å². The summed E-state index contributed by atoms with van der Waals surface area (Å²) in [5.41, 5.74) is -0.697. The van der Waals surface area contributed by atoms with E-state index in [1.54, 1.807) is 7.11 Å². The zero-order valence-electron chi connectivity index (χ0n) is 10.1. The molecule has 6 nitrogen and oxygen atoms in total. The molecule has 1 aromatic rings. The minimum Gasteiger partial charge on any atom is -0.383 e. The van der Waals surface area contributed by atoms with Gasteiger partial charge in [-0.3, -0.25) is 9.78 Å². The second kappa shape index (κ2) is 7.81. The van der Waals surface area contributed by atoms with Crippen LogP contribution in [0.15, 0.2) is 21.9 Å². The van der Waals surface area contributed by atoms with Crippen LogP contribution in [0.3, 0.4) is 0 Å². The number of unbranched alkanes of at least 4 members (excludes halogenated alkanes) is 1. The van der Waals surface area contributed by atoms with Gasteiger partial charge in [0.1, 0.15) is 0 Å². The SMILES string of the molecule is COCCNCCCCn1ccc(=O)[nH]c1=O. The van der Waals surface area contributed by atoms with E-state index in [0.29, 0.717) is 13.2 Å². The summed E-state index contributed by atoms with van der Waals surface area (Å²) in [6.45, 7) is 3.08. The van der Waals surface area contributed by atoms with Gasteiger partial charge in [-0.1, -0.05) is 0 Å². The number of methoxy groups -OCH3 is 1. The summed E-state index contributed by atoms with van der Waals surface area (Å²) in [5, 5.41) is 3.23. The lowest BCUT2D eigenvalue weighted by Gasteiger charge is -2.05. The molecule has 0 aliphatic rings. The molecule has 1 rings (SSSR count). The Morgan fingerprint density at radius 2 is 2.18 bits per heavy atom. The van der Waals surface area contributed by atoms with Crippen molar-refractivity contribution in [2.45, 2.75) is 19.4 Å². The normalized spacial score (nSPS) is 10.6. The highest BCUT2D eigenvalue weighted by atomic mass is 16.5. The Hall–Kier alpha value is -1.40. The number of nitrogens with one attached hydrogen (secondary N) is 2. The van der Waals surface area contributed by atoms with Crippen LogP contribution in [-0.4, -0.2) is 36.4 Å². The van der Waals surface area contributed by atoms with E-state index in [1.807, 2.05) is 0 Å². The van der Waals surface area contributed by atoms with Gasteiger partial charge in [0, 0.05) is 32.5 Å². The minimum atomic E-state index is -0.354. The lowest BCUT2D eigenvalue weighted by molar-refractivity contribution is 0.199. The van der Waals surface area contributed by atoms with Crippen LogP contribution in [0.5, 0.6) is 0 Å². The van der Waals surface area contributed by atoms with Gasteiger partial charge in [0.15, 0.2) is 0 Å². The molecule has 1 aromatic heterocycles. The minimum absolute atomic E-state index is 0.343. The van der Waals surface area contributed by atoms with Gasteiger partial charge in [-0.2, -0.15) is 0 Å². The van der Waals surface area contributed by atoms with Gasteiger partial charge in [0.2, 0.25) is 0 Å². The monoisotopic (exact) mass is 241 g/mol. The van der Waals surface area contributed by atoms with E-state index in [0.717, 1.165) is 25.9 Å². The van der Waals surface area contributed by atoms with Crippen LogP contribution < -0.4 is 16.6 Å². The summed E-state index contributed by atoms with van der Waals surface area (Å²) < 4.78 is 6.41. The van der Waals surface area contributed by atoms with Crippen LogP contribution in [0, 0.1) is 0 Å². The summed E-state index contributed by atoms with van der Waals surface area (Å²) in [6.07, 6.45) is 3.40. The van der Waals surface area contributed by atoms with Crippen molar-refractivity contribution in [3.8, 4) is 0 Å². The third-order valence-electron chi connectivity index (χ3n) is 2.38. The van der Waals surface area contributed by atoms with E-state index < -0.39 is 0 Å². The number of aromatic amines is 1. The molecule has 0 aliphatic carbocycles. The second-order valence-corrected chi connectivity index (χ2v) is 3.75. The molecular formula is C11H19N3O3. The zero-order valence-corrected chi connectivity index (χ0v) is 10.1. The summed E-state index contributed by atoms with van der Waals surface area (Å²) in [6, 6.07) is 1.36. The second-order valence-electron chi connectivity index (χ2n) is 3.75. The lowest BCUT2D eigenvalue weighted by atomic mass is 10.3. The molecule has 0 aliphatic heterocycles. The van der Waals surface area contributed by atoms with Crippen molar-refractivity contribution in [2.75, 3.05) is 26.8 Å². The first-order valence-electron chi connectivity index (χ1n) is 5.73. The van der Waals surface area contributed by atoms with Crippen LogP contribution in [-0.2, 0) is 11.3 Å². The topological polar surface area (TPSA) is 76.1 Å². The number of nitrogens with zero attached hydrogens (tertiary/aromatic N) is 1. The molecule has 0 bridgehead atoms. The molecular weight excluding hydrogens is 222 g/mol. The predicted molar refractivity (Wildman–Crippen MR) is 65.3 cm³/mol. The molecule has 0 fully saturated rings. The largest absolute Gasteiger partial charge is 0.383 e. The Morgan fingerprint density at radius 3 is 2.88 bits per heavy atom. The Labute approximate surface area is 99.6 Å². The smallest absolute Gasteiger partial charge is 0.328 e. The van der Waals surface area contributed by atoms with Crippen LogP contribution in [0.1, 0.15) is 12.8 Å². The first kappa shape index (κ1) is 13.7. The number of aromatic nitrogens is 2. The summed E-state index contributed by atoms with van der Waals surface area (Å²) in [5.74, 6) is 0. The first-order valence-corrected chi connectivity index (χ1v) is 5.73. The van der Waals surface area contributed by atoms with Gasteiger partial charge in [-0.25, -0.2) is 4.79 Å². The maximum absolute atomic E-state index is 11.3. The Morgan fingerprint density at radius 1 is 1.35 bits per heavy atom. The van der Waals surface area contributed by atoms with Gasteiger partial charge in [-0.05, 0) is 19.4 Å². The van der Waals surface area contributed by atoms with Crippen molar-refractivity contribution in [3.63, 3.8) is 0 Å². The van der Waals surface area contributed by atoms with Gasteiger partial charge < -0.3 is 14.6 Å². The zero-order chi connectivity index (χ0) is 12.5. The molecule has 0 spiro atoms. The fourth-order valence-electron chi connectivity index (χ4n) is 1.45. The molecule has 0 atom stereocenters. The van der Waals surface area contributed by atoms with Crippen molar-refractivity contribution in [1.29, 1.82) is 0 Å². The number of ether oxygens (including phenoxy) is 1. The van der Waals surface area contributed by atoms with Gasteiger partial charge in [0.05, 0.1) is 6.61 Å². The molecule has 2 N–H and O–H groups in total. The maximum atomic E-state index is 11.3. The molecule has 96 valence electrons. The predicted octanol–water partition coefficient (Wildman–Crippen LogP) is -0.447. The van der Waals surface area contributed by atoms with Gasteiger partial charge in [-0.15, -0.1) is 0 Å². The quantitative estimate of drug-likeness (QED) is 0.605. The van der Waals surface area contributed by atoms with E-state index >= 15 is 0 Å². The summed E-state index contributed by atoms with van der Waals surface area (Å²) in [4.78, 5) is 24.4. The van der Waals surface area contributed by atoms with E-state index in [-0.39, 0.29) is 11.2 Å². The van der Waals surface area contributed by atoms with Crippen molar-refractivity contribution >= 4 is 0 Å². The number of H-pyrrole nitrogens is 1. The van der Waals surface area contributed by atoms with Crippen LogP contribution in [0.2, 0.25) is 0 Å². The third-order valence-corrected chi connectivity index (χ3v) is 2.38. The van der Waals surface area contributed by atoms with Gasteiger partial charge in [0.25, 0.3) is 5.56 Å². The fourth-order valence-corrected chi connectivity index (χ4v) is 1.45. The summed E-state index contributed by atoms with van der Waals surface area (Å²) >= 11 is 0. The average Bonchev–Trinajstić information content (AvgIpc) is 2.30.